The predicted molar refractivity (Wildman–Crippen MR) is 89.9 cm³/mol. The molecule has 6 nitrogen and oxygen atoms in total. The first-order valence-corrected chi connectivity index (χ1v) is 9.19. The van der Waals surface area contributed by atoms with Crippen LogP contribution >= 0.6 is 11.3 Å². The maximum Gasteiger partial charge on any atom is 0.107 e. The molecule has 1 aliphatic carbocycles. The van der Waals surface area contributed by atoms with Gasteiger partial charge in [0.25, 0.3) is 0 Å². The van der Waals surface area contributed by atoms with E-state index in [1.54, 1.807) is 11.3 Å². The summed E-state index contributed by atoms with van der Waals surface area (Å²) >= 11 is 1.76. The molecule has 0 radical (unpaired) electrons. The van der Waals surface area contributed by atoms with Crippen LogP contribution in [0.25, 0.3) is 0 Å². The highest BCUT2D eigenvalue weighted by atomic mass is 32.1. The molecule has 2 aliphatic rings. The zero-order chi connectivity index (χ0) is 15.9. The molecule has 0 unspecified atom stereocenters. The number of hydrogen-bond acceptors (Lipinski definition) is 6. The Labute approximate surface area is 141 Å². The van der Waals surface area contributed by atoms with E-state index in [1.165, 1.54) is 43.1 Å². The fourth-order valence-electron chi connectivity index (χ4n) is 3.98. The lowest BCUT2D eigenvalue weighted by atomic mass is 9.92. The van der Waals surface area contributed by atoms with Crippen LogP contribution in [0.4, 0.5) is 0 Å². The highest BCUT2D eigenvalue weighted by Crippen LogP contribution is 2.56. The molecule has 1 spiro atoms. The van der Waals surface area contributed by atoms with Gasteiger partial charge in [0.1, 0.15) is 5.01 Å². The third-order valence-electron chi connectivity index (χ3n) is 5.59. The van der Waals surface area contributed by atoms with Crippen molar-refractivity contribution in [3.05, 3.63) is 28.5 Å². The van der Waals surface area contributed by atoms with E-state index in [0.717, 1.165) is 19.1 Å². The van der Waals surface area contributed by atoms with E-state index in [0.29, 0.717) is 5.41 Å². The zero-order valence-corrected chi connectivity index (χ0v) is 14.7. The molecule has 23 heavy (non-hydrogen) atoms. The second kappa shape index (κ2) is 5.96. The van der Waals surface area contributed by atoms with Gasteiger partial charge in [-0.1, -0.05) is 5.21 Å². The van der Waals surface area contributed by atoms with Crippen LogP contribution in [0.15, 0.2) is 17.8 Å². The molecule has 124 valence electrons. The van der Waals surface area contributed by atoms with Crippen molar-refractivity contribution >= 4 is 11.3 Å². The maximum atomic E-state index is 4.42. The number of piperidine rings is 1. The highest BCUT2D eigenvalue weighted by molar-refractivity contribution is 7.09. The Kier molecular flexibility index (Phi) is 3.95. The van der Waals surface area contributed by atoms with Gasteiger partial charge >= 0.3 is 0 Å². The standard InChI is InChI=1S/C16H24N6S/c1-20(12-15-17-5-8-23-15)14-9-16(14)3-6-22(7-4-16)11-13-10-18-19-21(13)2/h5,8,10,14H,3-4,6-7,9,11-12H2,1-2H3/t14-/m0/s1. The molecule has 2 fully saturated rings. The second-order valence-electron chi connectivity index (χ2n) is 7.05. The molecule has 7 heteroatoms. The third-order valence-corrected chi connectivity index (χ3v) is 6.36. The molecule has 3 heterocycles. The Morgan fingerprint density at radius 3 is 2.87 bits per heavy atom. The molecule has 2 aromatic rings. The molecular formula is C16H24N6S. The summed E-state index contributed by atoms with van der Waals surface area (Å²) in [6, 6.07) is 0.743. The Bertz CT molecular complexity index is 643. The molecule has 0 amide bonds. The van der Waals surface area contributed by atoms with Crippen LogP contribution in [0.1, 0.15) is 30.0 Å². The first-order valence-electron chi connectivity index (χ1n) is 8.31. The lowest BCUT2D eigenvalue weighted by molar-refractivity contribution is 0.137. The molecular weight excluding hydrogens is 308 g/mol. The van der Waals surface area contributed by atoms with Gasteiger partial charge in [-0.2, -0.15) is 0 Å². The summed E-state index contributed by atoms with van der Waals surface area (Å²) in [7, 11) is 4.23. The number of likely N-dealkylation sites (tertiary alicyclic amines) is 1. The fraction of sp³-hybridized carbons (Fsp3) is 0.688. The zero-order valence-electron chi connectivity index (χ0n) is 13.9. The van der Waals surface area contributed by atoms with Crippen molar-refractivity contribution in [2.75, 3.05) is 20.1 Å². The Morgan fingerprint density at radius 1 is 1.39 bits per heavy atom. The minimum Gasteiger partial charge on any atom is -0.297 e. The summed E-state index contributed by atoms with van der Waals surface area (Å²) in [4.78, 5) is 9.47. The SMILES string of the molecule is CN(Cc1nccs1)[C@H]1CC12CCN(Cc1cnnn1C)CC2. The Morgan fingerprint density at radius 2 is 2.22 bits per heavy atom. The largest absolute Gasteiger partial charge is 0.297 e. The lowest BCUT2D eigenvalue weighted by Crippen LogP contribution is -2.37. The first kappa shape index (κ1) is 15.2. The van der Waals surface area contributed by atoms with E-state index in [1.807, 2.05) is 24.1 Å². The quantitative estimate of drug-likeness (QED) is 0.835. The molecule has 1 aliphatic heterocycles. The summed E-state index contributed by atoms with van der Waals surface area (Å²) in [6.07, 6.45) is 7.76. The molecule has 1 atom stereocenters. The maximum absolute atomic E-state index is 4.42. The summed E-state index contributed by atoms with van der Waals surface area (Å²) in [5, 5.41) is 11.3. The topological polar surface area (TPSA) is 50.1 Å². The van der Waals surface area contributed by atoms with Crippen molar-refractivity contribution < 1.29 is 0 Å². The molecule has 0 bridgehead atoms. The van der Waals surface area contributed by atoms with Crippen LogP contribution in [0.5, 0.6) is 0 Å². The van der Waals surface area contributed by atoms with Crippen molar-refractivity contribution in [2.45, 2.75) is 38.4 Å². The number of aryl methyl sites for hydroxylation is 1. The van der Waals surface area contributed by atoms with Gasteiger partial charge in [0.15, 0.2) is 0 Å². The van der Waals surface area contributed by atoms with E-state index in [4.69, 9.17) is 0 Å². The van der Waals surface area contributed by atoms with Crippen LogP contribution in [0, 0.1) is 5.41 Å². The van der Waals surface area contributed by atoms with Crippen molar-refractivity contribution in [1.82, 2.24) is 29.8 Å². The number of rotatable bonds is 5. The van der Waals surface area contributed by atoms with Gasteiger partial charge in [-0.25, -0.2) is 4.98 Å². The van der Waals surface area contributed by atoms with Gasteiger partial charge in [-0.05, 0) is 44.8 Å². The number of thiazole rings is 1. The van der Waals surface area contributed by atoms with E-state index < -0.39 is 0 Å². The minimum atomic E-state index is 0.563. The summed E-state index contributed by atoms with van der Waals surface area (Å²) in [5.41, 5.74) is 1.77. The molecule has 1 saturated heterocycles. The third kappa shape index (κ3) is 3.05. The Hall–Kier alpha value is -1.31. The molecule has 2 aromatic heterocycles. The van der Waals surface area contributed by atoms with Gasteiger partial charge in [0.2, 0.25) is 0 Å². The van der Waals surface area contributed by atoms with Crippen molar-refractivity contribution in [3.63, 3.8) is 0 Å². The van der Waals surface area contributed by atoms with Gasteiger partial charge in [-0.15, -0.1) is 16.4 Å². The molecule has 1 saturated carbocycles. The van der Waals surface area contributed by atoms with Gasteiger partial charge in [-0.3, -0.25) is 14.5 Å². The molecule has 0 aromatic carbocycles. The average molecular weight is 332 g/mol. The van der Waals surface area contributed by atoms with Crippen LogP contribution in [0.3, 0.4) is 0 Å². The van der Waals surface area contributed by atoms with Crippen LogP contribution in [-0.4, -0.2) is 56.0 Å². The monoisotopic (exact) mass is 332 g/mol. The highest BCUT2D eigenvalue weighted by Gasteiger charge is 2.56. The minimum absolute atomic E-state index is 0.563. The predicted octanol–water partition coefficient (Wildman–Crippen LogP) is 1.76. The number of nitrogens with zero attached hydrogens (tertiary/aromatic N) is 6. The van der Waals surface area contributed by atoms with Gasteiger partial charge in [0, 0.05) is 31.2 Å². The number of hydrogen-bond donors (Lipinski definition) is 0. The number of aromatic nitrogens is 4. The summed E-state index contributed by atoms with van der Waals surface area (Å²) < 4.78 is 1.88. The van der Waals surface area contributed by atoms with Crippen molar-refractivity contribution in [1.29, 1.82) is 0 Å². The van der Waals surface area contributed by atoms with Crippen molar-refractivity contribution in [3.8, 4) is 0 Å². The second-order valence-corrected chi connectivity index (χ2v) is 8.03. The van der Waals surface area contributed by atoms with Crippen molar-refractivity contribution in [2.24, 2.45) is 12.5 Å². The van der Waals surface area contributed by atoms with E-state index in [2.05, 4.69) is 37.5 Å². The Balaban J connectivity index is 1.29. The summed E-state index contributed by atoms with van der Waals surface area (Å²) in [5.74, 6) is 0. The normalized spacial score (nSPS) is 23.7. The van der Waals surface area contributed by atoms with Gasteiger partial charge in [0.05, 0.1) is 18.4 Å². The van der Waals surface area contributed by atoms with Crippen LogP contribution < -0.4 is 0 Å². The molecule has 0 N–H and O–H groups in total. The van der Waals surface area contributed by atoms with E-state index in [-0.39, 0.29) is 0 Å². The van der Waals surface area contributed by atoms with E-state index >= 15 is 0 Å². The average Bonchev–Trinajstić information content (AvgIpc) is 2.88. The molecule has 4 rings (SSSR count). The van der Waals surface area contributed by atoms with Crippen LogP contribution in [-0.2, 0) is 20.1 Å². The van der Waals surface area contributed by atoms with Gasteiger partial charge < -0.3 is 0 Å². The lowest BCUT2D eigenvalue weighted by Gasteiger charge is -2.33. The summed E-state index contributed by atoms with van der Waals surface area (Å²) in [6.45, 7) is 4.34. The fourth-order valence-corrected chi connectivity index (χ4v) is 4.66. The first-order chi connectivity index (χ1) is 11.2. The van der Waals surface area contributed by atoms with Crippen LogP contribution in [0.2, 0.25) is 0 Å². The van der Waals surface area contributed by atoms with E-state index in [9.17, 15) is 0 Å². The smallest absolute Gasteiger partial charge is 0.107 e.